The number of rotatable bonds is 6. The fraction of sp³-hybridized carbons (Fsp3) is 0.500. The van der Waals surface area contributed by atoms with E-state index in [-0.39, 0.29) is 6.61 Å². The van der Waals surface area contributed by atoms with Crippen LogP contribution in [0.15, 0.2) is 18.2 Å². The Morgan fingerprint density at radius 3 is 2.69 bits per heavy atom. The van der Waals surface area contributed by atoms with Crippen LogP contribution >= 0.6 is 11.6 Å². The van der Waals surface area contributed by atoms with E-state index in [1.165, 1.54) is 0 Å². The lowest BCUT2D eigenvalue weighted by Gasteiger charge is -2.10. The van der Waals surface area contributed by atoms with Crippen molar-refractivity contribution in [2.45, 2.75) is 25.9 Å². The molecule has 0 spiro atoms. The number of aliphatic hydroxyl groups is 2. The summed E-state index contributed by atoms with van der Waals surface area (Å²) in [6.45, 7) is 2.40. The van der Waals surface area contributed by atoms with Crippen molar-refractivity contribution in [1.82, 2.24) is 0 Å². The second-order valence-electron chi connectivity index (χ2n) is 3.65. The zero-order valence-corrected chi connectivity index (χ0v) is 10.1. The highest BCUT2D eigenvalue weighted by Crippen LogP contribution is 2.27. The van der Waals surface area contributed by atoms with Crippen LogP contribution in [0.4, 0.5) is 0 Å². The van der Waals surface area contributed by atoms with Crippen LogP contribution < -0.4 is 4.74 Å². The molecular weight excluding hydrogens is 228 g/mol. The van der Waals surface area contributed by atoms with E-state index >= 15 is 0 Å². The number of ether oxygens (including phenoxy) is 1. The molecule has 2 N–H and O–H groups in total. The van der Waals surface area contributed by atoms with E-state index in [0.717, 1.165) is 18.4 Å². The van der Waals surface area contributed by atoms with Gasteiger partial charge in [0.2, 0.25) is 0 Å². The van der Waals surface area contributed by atoms with Gasteiger partial charge in [-0.05, 0) is 37.5 Å². The Bertz CT molecular complexity index is 326. The van der Waals surface area contributed by atoms with Crippen molar-refractivity contribution >= 4 is 11.6 Å². The standard InChI is InChI=1S/C12H17ClO3/c1-9(15)10-4-5-12(11(13)8-10)16-7-3-2-6-14/h4-5,8-9,14-15H,2-3,6-7H2,1H3/t9-/m1/s1. The summed E-state index contributed by atoms with van der Waals surface area (Å²) in [7, 11) is 0. The molecule has 0 radical (unpaired) electrons. The van der Waals surface area contributed by atoms with E-state index in [4.69, 9.17) is 21.4 Å². The molecule has 90 valence electrons. The molecule has 0 amide bonds. The van der Waals surface area contributed by atoms with Gasteiger partial charge in [0, 0.05) is 6.61 Å². The summed E-state index contributed by atoms with van der Waals surface area (Å²) >= 11 is 6.00. The largest absolute Gasteiger partial charge is 0.492 e. The molecule has 0 fully saturated rings. The highest BCUT2D eigenvalue weighted by atomic mass is 35.5. The van der Waals surface area contributed by atoms with E-state index in [1.54, 1.807) is 25.1 Å². The van der Waals surface area contributed by atoms with E-state index < -0.39 is 6.10 Å². The summed E-state index contributed by atoms with van der Waals surface area (Å²) in [4.78, 5) is 0. The number of unbranched alkanes of at least 4 members (excludes halogenated alkanes) is 1. The van der Waals surface area contributed by atoms with Gasteiger partial charge in [-0.15, -0.1) is 0 Å². The number of aliphatic hydroxyl groups excluding tert-OH is 2. The molecule has 0 aliphatic rings. The molecule has 0 unspecified atom stereocenters. The normalized spacial score (nSPS) is 12.5. The minimum Gasteiger partial charge on any atom is -0.492 e. The maximum absolute atomic E-state index is 9.36. The Labute approximate surface area is 101 Å². The van der Waals surface area contributed by atoms with Crippen LogP contribution in [0, 0.1) is 0 Å². The number of benzene rings is 1. The summed E-state index contributed by atoms with van der Waals surface area (Å²) < 4.78 is 5.45. The fourth-order valence-electron chi connectivity index (χ4n) is 1.29. The fourth-order valence-corrected chi connectivity index (χ4v) is 1.53. The van der Waals surface area contributed by atoms with Gasteiger partial charge in [0.05, 0.1) is 17.7 Å². The summed E-state index contributed by atoms with van der Waals surface area (Å²) in [5.41, 5.74) is 0.771. The Morgan fingerprint density at radius 1 is 1.38 bits per heavy atom. The van der Waals surface area contributed by atoms with Crippen molar-refractivity contribution in [1.29, 1.82) is 0 Å². The Hall–Kier alpha value is -0.770. The molecule has 1 aromatic rings. The van der Waals surface area contributed by atoms with Gasteiger partial charge in [-0.1, -0.05) is 17.7 Å². The van der Waals surface area contributed by atoms with Gasteiger partial charge in [0.15, 0.2) is 0 Å². The molecule has 0 aliphatic heterocycles. The monoisotopic (exact) mass is 244 g/mol. The smallest absolute Gasteiger partial charge is 0.137 e. The molecule has 0 bridgehead atoms. The minimum atomic E-state index is -0.527. The molecular formula is C12H17ClO3. The summed E-state index contributed by atoms with van der Waals surface area (Å²) in [5.74, 6) is 0.615. The third-order valence-corrected chi connectivity index (χ3v) is 2.54. The van der Waals surface area contributed by atoms with Crippen LogP contribution in [0.3, 0.4) is 0 Å². The van der Waals surface area contributed by atoms with Crippen LogP contribution in [0.5, 0.6) is 5.75 Å². The lowest BCUT2D eigenvalue weighted by Crippen LogP contribution is -2.00. The van der Waals surface area contributed by atoms with Crippen LogP contribution in [0.25, 0.3) is 0 Å². The van der Waals surface area contributed by atoms with Crippen LogP contribution in [-0.4, -0.2) is 23.4 Å². The van der Waals surface area contributed by atoms with Gasteiger partial charge in [-0.2, -0.15) is 0 Å². The van der Waals surface area contributed by atoms with Crippen molar-refractivity contribution in [3.63, 3.8) is 0 Å². The minimum absolute atomic E-state index is 0.179. The van der Waals surface area contributed by atoms with Gasteiger partial charge in [-0.25, -0.2) is 0 Å². The van der Waals surface area contributed by atoms with E-state index in [1.807, 2.05) is 0 Å². The third kappa shape index (κ3) is 4.00. The second kappa shape index (κ2) is 6.74. The second-order valence-corrected chi connectivity index (χ2v) is 4.05. The third-order valence-electron chi connectivity index (χ3n) is 2.25. The van der Waals surface area contributed by atoms with E-state index in [2.05, 4.69) is 0 Å². The van der Waals surface area contributed by atoms with Crippen LogP contribution in [0.2, 0.25) is 5.02 Å². The average Bonchev–Trinajstić information content (AvgIpc) is 2.26. The molecule has 0 aliphatic carbocycles. The molecule has 0 saturated heterocycles. The Balaban J connectivity index is 2.54. The molecule has 0 saturated carbocycles. The lowest BCUT2D eigenvalue weighted by molar-refractivity contribution is 0.199. The van der Waals surface area contributed by atoms with Crippen molar-refractivity contribution < 1.29 is 14.9 Å². The first-order valence-electron chi connectivity index (χ1n) is 5.36. The summed E-state index contributed by atoms with van der Waals surface area (Å²) in [5, 5.41) is 18.5. The first kappa shape index (κ1) is 13.3. The van der Waals surface area contributed by atoms with Gasteiger partial charge in [-0.3, -0.25) is 0 Å². The van der Waals surface area contributed by atoms with Crippen LogP contribution in [-0.2, 0) is 0 Å². The number of halogens is 1. The first-order valence-corrected chi connectivity index (χ1v) is 5.74. The SMILES string of the molecule is C[C@@H](O)c1ccc(OCCCCO)c(Cl)c1. The molecule has 1 rings (SSSR count). The Morgan fingerprint density at radius 2 is 2.12 bits per heavy atom. The highest BCUT2D eigenvalue weighted by molar-refractivity contribution is 6.32. The van der Waals surface area contributed by atoms with Crippen molar-refractivity contribution in [3.8, 4) is 5.75 Å². The summed E-state index contributed by atoms with van der Waals surface area (Å²) in [6.07, 6.45) is 0.995. The predicted octanol–water partition coefficient (Wildman–Crippen LogP) is 2.54. The predicted molar refractivity (Wildman–Crippen MR) is 63.9 cm³/mol. The molecule has 1 aromatic carbocycles. The molecule has 0 heterocycles. The molecule has 16 heavy (non-hydrogen) atoms. The molecule has 4 heteroatoms. The maximum atomic E-state index is 9.36. The van der Waals surface area contributed by atoms with Gasteiger partial charge in [0.1, 0.15) is 5.75 Å². The molecule has 3 nitrogen and oxygen atoms in total. The van der Waals surface area contributed by atoms with Crippen molar-refractivity contribution in [2.75, 3.05) is 13.2 Å². The maximum Gasteiger partial charge on any atom is 0.137 e. The summed E-state index contributed by atoms with van der Waals surface area (Å²) in [6, 6.07) is 5.24. The highest BCUT2D eigenvalue weighted by Gasteiger charge is 2.06. The quantitative estimate of drug-likeness (QED) is 0.756. The van der Waals surface area contributed by atoms with Gasteiger partial charge >= 0.3 is 0 Å². The molecule has 1 atom stereocenters. The Kier molecular flexibility index (Phi) is 5.60. The molecule has 0 aromatic heterocycles. The zero-order valence-electron chi connectivity index (χ0n) is 9.32. The van der Waals surface area contributed by atoms with Crippen molar-refractivity contribution in [2.24, 2.45) is 0 Å². The average molecular weight is 245 g/mol. The van der Waals surface area contributed by atoms with Gasteiger partial charge in [0.25, 0.3) is 0 Å². The van der Waals surface area contributed by atoms with E-state index in [0.29, 0.717) is 17.4 Å². The zero-order chi connectivity index (χ0) is 12.0. The number of hydrogen-bond donors (Lipinski definition) is 2. The number of hydrogen-bond acceptors (Lipinski definition) is 3. The topological polar surface area (TPSA) is 49.7 Å². The van der Waals surface area contributed by atoms with Crippen molar-refractivity contribution in [3.05, 3.63) is 28.8 Å². The first-order chi connectivity index (χ1) is 7.65. The van der Waals surface area contributed by atoms with Gasteiger partial charge < -0.3 is 14.9 Å². The lowest BCUT2D eigenvalue weighted by atomic mass is 10.1. The van der Waals surface area contributed by atoms with E-state index in [9.17, 15) is 5.11 Å². The van der Waals surface area contributed by atoms with Crippen LogP contribution in [0.1, 0.15) is 31.4 Å².